The van der Waals surface area contributed by atoms with Gasteiger partial charge in [-0.15, -0.1) is 0 Å². The highest BCUT2D eigenvalue weighted by Crippen LogP contribution is 2.36. The smallest absolute Gasteiger partial charge is 0.145 e. The molecule has 122 valence electrons. The minimum absolute atomic E-state index is 0.232. The fraction of sp³-hybridized carbons (Fsp3) is 0.421. The van der Waals surface area contributed by atoms with Gasteiger partial charge >= 0.3 is 0 Å². The molecule has 0 saturated heterocycles. The number of pyridine rings is 1. The normalized spacial score (nSPS) is 20.8. The molecule has 1 heterocycles. The Kier molecular flexibility index (Phi) is 4.74. The second-order valence-corrected chi connectivity index (χ2v) is 6.60. The summed E-state index contributed by atoms with van der Waals surface area (Å²) < 4.78 is 14.0. The summed E-state index contributed by atoms with van der Waals surface area (Å²) in [6.45, 7) is 0.581. The first-order valence-corrected chi connectivity index (χ1v) is 8.11. The third kappa shape index (κ3) is 3.28. The molecule has 4 heteroatoms. The fourth-order valence-electron chi connectivity index (χ4n) is 3.69. The molecular weight excluding hydrogens is 289 g/mol. The quantitative estimate of drug-likeness (QED) is 0.863. The number of hydrogen-bond donors (Lipinski definition) is 0. The van der Waals surface area contributed by atoms with Gasteiger partial charge in [0.1, 0.15) is 5.82 Å². The molecule has 0 radical (unpaired) electrons. The van der Waals surface area contributed by atoms with E-state index in [9.17, 15) is 4.39 Å². The highest BCUT2D eigenvalue weighted by molar-refractivity contribution is 5.34. The number of fused-ring (bicyclic) bond motifs is 1. The van der Waals surface area contributed by atoms with Gasteiger partial charge in [0.05, 0.1) is 12.2 Å². The predicted molar refractivity (Wildman–Crippen MR) is 90.6 cm³/mol. The first kappa shape index (κ1) is 16.1. The van der Waals surface area contributed by atoms with Crippen molar-refractivity contribution in [2.45, 2.75) is 31.5 Å². The minimum Gasteiger partial charge on any atom is -0.305 e. The Morgan fingerprint density at radius 3 is 2.70 bits per heavy atom. The average Bonchev–Trinajstić information content (AvgIpc) is 2.55. The molecule has 0 bridgehead atoms. The van der Waals surface area contributed by atoms with E-state index in [0.717, 1.165) is 12.8 Å². The lowest BCUT2D eigenvalue weighted by Gasteiger charge is -2.42. The summed E-state index contributed by atoms with van der Waals surface area (Å²) in [4.78, 5) is 8.40. The molecule has 0 amide bonds. The van der Waals surface area contributed by atoms with E-state index in [1.54, 1.807) is 12.3 Å². The van der Waals surface area contributed by atoms with Gasteiger partial charge in [-0.05, 0) is 51.2 Å². The largest absolute Gasteiger partial charge is 0.305 e. The summed E-state index contributed by atoms with van der Waals surface area (Å²) in [7, 11) is 6.35. The van der Waals surface area contributed by atoms with Crippen LogP contribution in [-0.2, 0) is 13.0 Å². The molecule has 1 aliphatic carbocycles. The van der Waals surface area contributed by atoms with Gasteiger partial charge in [-0.3, -0.25) is 9.88 Å². The number of benzene rings is 1. The van der Waals surface area contributed by atoms with E-state index in [1.165, 1.54) is 17.3 Å². The zero-order valence-corrected chi connectivity index (χ0v) is 14.0. The van der Waals surface area contributed by atoms with E-state index >= 15 is 0 Å². The number of likely N-dealkylation sites (N-methyl/N-ethyl adjacent to an activating group) is 2. The number of hydrogen-bond acceptors (Lipinski definition) is 3. The van der Waals surface area contributed by atoms with Gasteiger partial charge in [0, 0.05) is 24.3 Å². The van der Waals surface area contributed by atoms with Crippen LogP contribution in [0.15, 0.2) is 42.7 Å². The standard InChI is InChI=1S/C19H24FN3/c1-22(2)18-9-8-14-6-4-5-7-16(14)19(18)23(3)13-15-10-11-21-12-17(15)20/h4-7,10-12,18-19H,8-9,13H2,1-3H3/t18-,19-/m1/s1. The Morgan fingerprint density at radius 1 is 1.17 bits per heavy atom. The molecule has 0 fully saturated rings. The van der Waals surface area contributed by atoms with Gasteiger partial charge < -0.3 is 4.90 Å². The zero-order valence-electron chi connectivity index (χ0n) is 14.0. The summed E-state index contributed by atoms with van der Waals surface area (Å²) in [5, 5.41) is 0. The Morgan fingerprint density at radius 2 is 1.96 bits per heavy atom. The van der Waals surface area contributed by atoms with Crippen LogP contribution in [0.25, 0.3) is 0 Å². The number of aromatic nitrogens is 1. The molecule has 0 N–H and O–H groups in total. The maximum absolute atomic E-state index is 14.0. The second kappa shape index (κ2) is 6.77. The molecule has 0 aliphatic heterocycles. The van der Waals surface area contributed by atoms with Gasteiger partial charge in [-0.2, -0.15) is 0 Å². The summed E-state index contributed by atoms with van der Waals surface area (Å²) >= 11 is 0. The van der Waals surface area contributed by atoms with Gasteiger partial charge in [-0.1, -0.05) is 24.3 Å². The topological polar surface area (TPSA) is 19.4 Å². The molecule has 2 atom stereocenters. The first-order valence-electron chi connectivity index (χ1n) is 8.11. The minimum atomic E-state index is -0.232. The maximum Gasteiger partial charge on any atom is 0.145 e. The van der Waals surface area contributed by atoms with Crippen molar-refractivity contribution in [3.05, 3.63) is 65.2 Å². The van der Waals surface area contributed by atoms with Crippen LogP contribution in [0.5, 0.6) is 0 Å². The van der Waals surface area contributed by atoms with Crippen molar-refractivity contribution in [3.63, 3.8) is 0 Å². The first-order chi connectivity index (χ1) is 11.1. The number of halogens is 1. The van der Waals surface area contributed by atoms with Crippen LogP contribution in [0.2, 0.25) is 0 Å². The molecule has 2 aromatic rings. The molecule has 3 nitrogen and oxygen atoms in total. The molecular formula is C19H24FN3. The molecule has 0 saturated carbocycles. The molecule has 1 aromatic carbocycles. The van der Waals surface area contributed by atoms with Crippen molar-refractivity contribution in [1.29, 1.82) is 0 Å². The lowest BCUT2D eigenvalue weighted by Crippen LogP contribution is -2.44. The Bertz CT molecular complexity index is 671. The third-order valence-electron chi connectivity index (χ3n) is 4.86. The SMILES string of the molecule is CN(C)[C@@H]1CCc2ccccc2[C@H]1N(C)Cc1ccncc1F. The van der Waals surface area contributed by atoms with Crippen molar-refractivity contribution in [3.8, 4) is 0 Å². The molecule has 0 spiro atoms. The summed E-state index contributed by atoms with van der Waals surface area (Å²) in [6.07, 6.45) is 5.18. The van der Waals surface area contributed by atoms with Crippen LogP contribution in [0.1, 0.15) is 29.2 Å². The molecule has 23 heavy (non-hydrogen) atoms. The van der Waals surface area contributed by atoms with E-state index < -0.39 is 0 Å². The maximum atomic E-state index is 14.0. The fourth-order valence-corrected chi connectivity index (χ4v) is 3.69. The van der Waals surface area contributed by atoms with E-state index in [-0.39, 0.29) is 11.9 Å². The lowest BCUT2D eigenvalue weighted by molar-refractivity contribution is 0.108. The molecule has 3 rings (SSSR count). The Labute approximate surface area is 137 Å². The summed E-state index contributed by atoms with van der Waals surface area (Å²) in [5.74, 6) is -0.232. The predicted octanol–water partition coefficient (Wildman–Crippen LogP) is 3.27. The van der Waals surface area contributed by atoms with Gasteiger partial charge in [0.15, 0.2) is 0 Å². The van der Waals surface area contributed by atoms with Crippen LogP contribution in [-0.4, -0.2) is 42.0 Å². The Hall–Kier alpha value is -1.78. The molecule has 1 aliphatic rings. The van der Waals surface area contributed by atoms with Crippen LogP contribution >= 0.6 is 0 Å². The second-order valence-electron chi connectivity index (χ2n) is 6.60. The highest BCUT2D eigenvalue weighted by atomic mass is 19.1. The number of aryl methyl sites for hydroxylation is 1. The zero-order chi connectivity index (χ0) is 16.4. The highest BCUT2D eigenvalue weighted by Gasteiger charge is 2.33. The van der Waals surface area contributed by atoms with Gasteiger partial charge in [0.25, 0.3) is 0 Å². The summed E-state index contributed by atoms with van der Waals surface area (Å²) in [5.41, 5.74) is 3.48. The van der Waals surface area contributed by atoms with E-state index in [1.807, 2.05) is 0 Å². The van der Waals surface area contributed by atoms with Gasteiger partial charge in [0.2, 0.25) is 0 Å². The van der Waals surface area contributed by atoms with Crippen LogP contribution in [0, 0.1) is 5.82 Å². The van der Waals surface area contributed by atoms with E-state index in [0.29, 0.717) is 18.2 Å². The third-order valence-corrected chi connectivity index (χ3v) is 4.86. The van der Waals surface area contributed by atoms with E-state index in [2.05, 4.69) is 60.2 Å². The average molecular weight is 313 g/mol. The van der Waals surface area contributed by atoms with Crippen LogP contribution in [0.4, 0.5) is 4.39 Å². The van der Waals surface area contributed by atoms with Crippen molar-refractivity contribution >= 4 is 0 Å². The Balaban J connectivity index is 1.92. The number of rotatable bonds is 4. The lowest BCUT2D eigenvalue weighted by atomic mass is 9.82. The van der Waals surface area contributed by atoms with Crippen molar-refractivity contribution in [1.82, 2.24) is 14.8 Å². The van der Waals surface area contributed by atoms with Gasteiger partial charge in [-0.25, -0.2) is 4.39 Å². The van der Waals surface area contributed by atoms with Crippen molar-refractivity contribution < 1.29 is 4.39 Å². The molecule has 1 aromatic heterocycles. The summed E-state index contributed by atoms with van der Waals surface area (Å²) in [6, 6.07) is 11.1. The van der Waals surface area contributed by atoms with Crippen molar-refractivity contribution in [2.24, 2.45) is 0 Å². The molecule has 0 unspecified atom stereocenters. The van der Waals surface area contributed by atoms with Crippen molar-refractivity contribution in [2.75, 3.05) is 21.1 Å². The van der Waals surface area contributed by atoms with E-state index in [4.69, 9.17) is 0 Å². The monoisotopic (exact) mass is 313 g/mol. The van der Waals surface area contributed by atoms with Crippen LogP contribution < -0.4 is 0 Å². The van der Waals surface area contributed by atoms with Crippen LogP contribution in [0.3, 0.4) is 0 Å². The number of nitrogens with zero attached hydrogens (tertiary/aromatic N) is 3.